The summed E-state index contributed by atoms with van der Waals surface area (Å²) in [6, 6.07) is 11.5. The average Bonchev–Trinajstić information content (AvgIpc) is 2.84. The summed E-state index contributed by atoms with van der Waals surface area (Å²) in [5, 5.41) is 27.3. The van der Waals surface area contributed by atoms with Gasteiger partial charge in [-0.1, -0.05) is 23.7 Å². The van der Waals surface area contributed by atoms with Crippen LogP contribution in [0.15, 0.2) is 53.3 Å². The quantitative estimate of drug-likeness (QED) is 0.385. The molecule has 0 unspecified atom stereocenters. The minimum absolute atomic E-state index is 0.129. The summed E-state index contributed by atoms with van der Waals surface area (Å²) < 4.78 is 1.21. The van der Waals surface area contributed by atoms with Gasteiger partial charge in [-0.2, -0.15) is 5.10 Å². The average molecular weight is 499 g/mol. The number of aromatic nitrogens is 2. The van der Waals surface area contributed by atoms with Gasteiger partial charge in [-0.25, -0.2) is 4.68 Å². The molecular weight excluding hydrogens is 480 g/mol. The van der Waals surface area contributed by atoms with Crippen LogP contribution >= 0.6 is 11.6 Å². The maximum atomic E-state index is 13.2. The van der Waals surface area contributed by atoms with Crippen molar-refractivity contribution in [2.24, 2.45) is 0 Å². The van der Waals surface area contributed by atoms with Crippen LogP contribution in [0.25, 0.3) is 5.69 Å². The van der Waals surface area contributed by atoms with Crippen molar-refractivity contribution >= 4 is 34.6 Å². The molecule has 0 bridgehead atoms. The molecule has 0 atom stereocenters. The van der Waals surface area contributed by atoms with E-state index in [9.17, 15) is 29.8 Å². The number of halogens is 1. The van der Waals surface area contributed by atoms with Gasteiger partial charge in [-0.3, -0.25) is 29.8 Å². The van der Waals surface area contributed by atoms with E-state index >= 15 is 0 Å². The third kappa shape index (κ3) is 4.68. The zero-order valence-electron chi connectivity index (χ0n) is 18.5. The lowest BCUT2D eigenvalue weighted by atomic mass is 10.2. The number of carbonyl (C=O) groups excluding carboxylic acids is 1. The lowest BCUT2D eigenvalue weighted by Crippen LogP contribution is -2.50. The highest BCUT2D eigenvalue weighted by atomic mass is 35.5. The van der Waals surface area contributed by atoms with Crippen molar-refractivity contribution in [3.8, 4) is 5.69 Å². The van der Waals surface area contributed by atoms with Gasteiger partial charge >= 0.3 is 0 Å². The summed E-state index contributed by atoms with van der Waals surface area (Å²) in [5.74, 6) is -0.618. The van der Waals surface area contributed by atoms with E-state index in [0.29, 0.717) is 24.5 Å². The molecule has 3 aromatic rings. The number of nitro groups is 2. The number of anilines is 1. The van der Waals surface area contributed by atoms with Crippen LogP contribution in [0.2, 0.25) is 5.02 Å². The van der Waals surface area contributed by atoms with Gasteiger partial charge in [0.2, 0.25) is 5.43 Å². The van der Waals surface area contributed by atoms with Gasteiger partial charge in [-0.15, -0.1) is 0 Å². The number of amides is 1. The summed E-state index contributed by atoms with van der Waals surface area (Å²) in [6.45, 7) is 2.53. The number of benzene rings is 2. The fourth-order valence-electron chi connectivity index (χ4n) is 3.95. The Hall–Kier alpha value is -4.32. The van der Waals surface area contributed by atoms with Gasteiger partial charge < -0.3 is 9.80 Å². The maximum Gasteiger partial charge on any atom is 0.294 e. The van der Waals surface area contributed by atoms with Crippen LogP contribution < -0.4 is 10.3 Å². The lowest BCUT2D eigenvalue weighted by molar-refractivity contribution is -0.384. The zero-order chi connectivity index (χ0) is 25.3. The van der Waals surface area contributed by atoms with Crippen LogP contribution in [0.5, 0.6) is 0 Å². The first kappa shape index (κ1) is 23.8. The molecule has 0 saturated carbocycles. The molecule has 2 aromatic carbocycles. The fourth-order valence-corrected chi connectivity index (χ4v) is 4.11. The Kier molecular flexibility index (Phi) is 6.47. The third-order valence-electron chi connectivity index (χ3n) is 5.66. The van der Waals surface area contributed by atoms with Crippen LogP contribution in [-0.2, 0) is 0 Å². The summed E-state index contributed by atoms with van der Waals surface area (Å²) >= 11 is 5.89. The number of aryl methyl sites for hydroxylation is 1. The van der Waals surface area contributed by atoms with E-state index < -0.39 is 21.2 Å². The molecule has 1 amide bonds. The molecule has 1 aliphatic heterocycles. The third-order valence-corrected chi connectivity index (χ3v) is 5.89. The van der Waals surface area contributed by atoms with Gasteiger partial charge in [0.25, 0.3) is 17.3 Å². The molecule has 12 nitrogen and oxygen atoms in total. The highest BCUT2D eigenvalue weighted by Gasteiger charge is 2.29. The SMILES string of the molecule is Cc1cc(=O)c(C(=O)N2CCN(c3ccc(Cl)cc3[N+](=O)[O-])CC2)nn1-c1ccccc1[N+](=O)[O-]. The second-order valence-corrected chi connectivity index (χ2v) is 8.26. The standard InChI is InChI=1S/C22H19ClN6O6/c1-14-12-20(30)21(24-27(14)17-4-2-3-5-18(17)28(32)33)22(31)26-10-8-25(9-11-26)16-7-6-15(23)13-19(16)29(34)35/h2-7,12-13H,8-11H2,1H3. The number of hydrogen-bond donors (Lipinski definition) is 0. The highest BCUT2D eigenvalue weighted by molar-refractivity contribution is 6.30. The van der Waals surface area contributed by atoms with E-state index in [1.165, 1.54) is 39.9 Å². The first-order chi connectivity index (χ1) is 16.7. The summed E-state index contributed by atoms with van der Waals surface area (Å²) in [6.07, 6.45) is 0. The van der Waals surface area contributed by atoms with E-state index in [-0.39, 0.29) is 40.9 Å². The Morgan fingerprint density at radius 3 is 2.26 bits per heavy atom. The van der Waals surface area contributed by atoms with Crippen molar-refractivity contribution in [2.45, 2.75) is 6.92 Å². The number of nitro benzene ring substituents is 2. The molecule has 2 heterocycles. The molecule has 4 rings (SSSR count). The molecule has 0 radical (unpaired) electrons. The highest BCUT2D eigenvalue weighted by Crippen LogP contribution is 2.31. The van der Waals surface area contributed by atoms with Crippen LogP contribution in [-0.4, -0.2) is 56.6 Å². The van der Waals surface area contributed by atoms with Crippen LogP contribution in [0.3, 0.4) is 0 Å². The molecular formula is C22H19ClN6O6. The predicted molar refractivity (Wildman–Crippen MR) is 127 cm³/mol. The normalized spacial score (nSPS) is 13.5. The van der Waals surface area contributed by atoms with E-state index in [4.69, 9.17) is 11.6 Å². The zero-order valence-corrected chi connectivity index (χ0v) is 19.2. The molecule has 1 aliphatic rings. The second kappa shape index (κ2) is 9.50. The summed E-state index contributed by atoms with van der Waals surface area (Å²) in [5.41, 5.74) is -0.464. The molecule has 1 aromatic heterocycles. The van der Waals surface area contributed by atoms with E-state index in [2.05, 4.69) is 5.10 Å². The minimum Gasteiger partial charge on any atom is -0.362 e. The van der Waals surface area contributed by atoms with E-state index in [1.54, 1.807) is 30.0 Å². The van der Waals surface area contributed by atoms with Crippen LogP contribution in [0.4, 0.5) is 17.1 Å². The van der Waals surface area contributed by atoms with Gasteiger partial charge in [0, 0.05) is 55.1 Å². The molecule has 13 heteroatoms. The smallest absolute Gasteiger partial charge is 0.294 e. The molecule has 1 fully saturated rings. The lowest BCUT2D eigenvalue weighted by Gasteiger charge is -2.35. The van der Waals surface area contributed by atoms with Crippen molar-refractivity contribution in [1.29, 1.82) is 0 Å². The number of para-hydroxylation sites is 2. The van der Waals surface area contributed by atoms with Crippen molar-refractivity contribution in [1.82, 2.24) is 14.7 Å². The number of rotatable bonds is 5. The number of carbonyl (C=O) groups is 1. The van der Waals surface area contributed by atoms with Gasteiger partial charge in [-0.05, 0) is 25.1 Å². The summed E-state index contributed by atoms with van der Waals surface area (Å²) in [7, 11) is 0. The van der Waals surface area contributed by atoms with E-state index in [1.807, 2.05) is 0 Å². The topological polar surface area (TPSA) is 145 Å². The Morgan fingerprint density at radius 2 is 1.60 bits per heavy atom. The molecule has 180 valence electrons. The first-order valence-electron chi connectivity index (χ1n) is 10.5. The number of nitrogens with zero attached hydrogens (tertiary/aromatic N) is 6. The Labute approximate surface area is 203 Å². The van der Waals surface area contributed by atoms with Gasteiger partial charge in [0.05, 0.1) is 9.85 Å². The largest absolute Gasteiger partial charge is 0.362 e. The maximum absolute atomic E-state index is 13.2. The molecule has 35 heavy (non-hydrogen) atoms. The van der Waals surface area contributed by atoms with Gasteiger partial charge in [0.15, 0.2) is 5.69 Å². The molecule has 0 spiro atoms. The molecule has 1 saturated heterocycles. The van der Waals surface area contributed by atoms with Crippen molar-refractivity contribution in [3.05, 3.63) is 95.4 Å². The molecule has 0 aliphatic carbocycles. The first-order valence-corrected chi connectivity index (χ1v) is 10.9. The Balaban J connectivity index is 1.59. The monoisotopic (exact) mass is 498 g/mol. The van der Waals surface area contributed by atoms with Crippen molar-refractivity contribution in [2.75, 3.05) is 31.1 Å². The second-order valence-electron chi connectivity index (χ2n) is 7.83. The van der Waals surface area contributed by atoms with Crippen molar-refractivity contribution < 1.29 is 14.6 Å². The van der Waals surface area contributed by atoms with Crippen LogP contribution in [0, 0.1) is 27.2 Å². The Bertz CT molecular complexity index is 1400. The van der Waals surface area contributed by atoms with Crippen LogP contribution in [0.1, 0.15) is 16.2 Å². The van der Waals surface area contributed by atoms with Gasteiger partial charge in [0.1, 0.15) is 11.4 Å². The predicted octanol–water partition coefficient (Wildman–Crippen LogP) is 2.97. The summed E-state index contributed by atoms with van der Waals surface area (Å²) in [4.78, 5) is 50.8. The minimum atomic E-state index is -0.618. The fraction of sp³-hybridized carbons (Fsp3) is 0.227. The number of hydrogen-bond acceptors (Lipinski definition) is 8. The molecule has 0 N–H and O–H groups in total. The van der Waals surface area contributed by atoms with Crippen molar-refractivity contribution in [3.63, 3.8) is 0 Å². The number of piperazine rings is 1. The van der Waals surface area contributed by atoms with E-state index in [0.717, 1.165) is 0 Å². The Morgan fingerprint density at radius 1 is 0.943 bits per heavy atom.